The number of pyridine rings is 1. The lowest BCUT2D eigenvalue weighted by molar-refractivity contribution is 0.0908. The Morgan fingerprint density at radius 1 is 0.818 bits per heavy atom. The van der Waals surface area contributed by atoms with Gasteiger partial charge in [0.05, 0.1) is 36.9 Å². The van der Waals surface area contributed by atoms with Crippen LogP contribution in [0.25, 0.3) is 0 Å². The molecule has 3 rings (SSSR count). The molecule has 0 unspecified atom stereocenters. The van der Waals surface area contributed by atoms with E-state index >= 15 is 0 Å². The quantitative estimate of drug-likeness (QED) is 0.366. The first kappa shape index (κ1) is 24.4. The number of aromatic nitrogens is 1. The lowest BCUT2D eigenvalue weighted by Gasteiger charge is -2.17. The van der Waals surface area contributed by atoms with Crippen LogP contribution in [0.4, 0.5) is 0 Å². The van der Waals surface area contributed by atoms with Crippen LogP contribution in [-0.4, -0.2) is 44.5 Å². The van der Waals surface area contributed by atoms with Crippen LogP contribution in [-0.2, 0) is 6.42 Å². The SMILES string of the molecule is COc1ccc(C(=O)COc2c(C(=O)Cc3c(Cl)cncc3Cl)ccc(OC)c2OC)cc1. The van der Waals surface area contributed by atoms with Gasteiger partial charge in [-0.1, -0.05) is 23.2 Å². The minimum absolute atomic E-state index is 0.0880. The normalized spacial score (nSPS) is 10.5. The molecule has 0 saturated heterocycles. The predicted octanol–water partition coefficient (Wildman–Crippen LogP) is 5.10. The first-order valence-electron chi connectivity index (χ1n) is 9.75. The number of Topliss-reactive ketones (excluding diaryl/α,β-unsaturated/α-hetero) is 2. The highest BCUT2D eigenvalue weighted by molar-refractivity contribution is 6.36. The zero-order chi connectivity index (χ0) is 24.0. The highest BCUT2D eigenvalue weighted by atomic mass is 35.5. The van der Waals surface area contributed by atoms with Gasteiger partial charge >= 0.3 is 0 Å². The van der Waals surface area contributed by atoms with E-state index in [4.69, 9.17) is 42.1 Å². The molecule has 33 heavy (non-hydrogen) atoms. The summed E-state index contributed by atoms with van der Waals surface area (Å²) in [6.07, 6.45) is 2.73. The summed E-state index contributed by atoms with van der Waals surface area (Å²) in [4.78, 5) is 29.7. The molecule has 0 N–H and O–H groups in total. The molecule has 0 fully saturated rings. The number of rotatable bonds is 10. The molecule has 0 radical (unpaired) electrons. The van der Waals surface area contributed by atoms with Crippen LogP contribution in [0.1, 0.15) is 26.3 Å². The number of methoxy groups -OCH3 is 3. The van der Waals surface area contributed by atoms with Gasteiger partial charge < -0.3 is 18.9 Å². The summed E-state index contributed by atoms with van der Waals surface area (Å²) in [5.74, 6) is 0.631. The minimum atomic E-state index is -0.335. The third-order valence-corrected chi connectivity index (χ3v) is 5.50. The second-order valence-electron chi connectivity index (χ2n) is 6.80. The molecule has 1 heterocycles. The summed E-state index contributed by atoms with van der Waals surface area (Å²) in [7, 11) is 4.42. The van der Waals surface area contributed by atoms with E-state index in [1.165, 1.54) is 26.6 Å². The Hall–Kier alpha value is -3.29. The van der Waals surface area contributed by atoms with Crippen LogP contribution < -0.4 is 18.9 Å². The fraction of sp³-hybridized carbons (Fsp3) is 0.208. The molecule has 0 aliphatic heterocycles. The maximum Gasteiger partial charge on any atom is 0.204 e. The van der Waals surface area contributed by atoms with Gasteiger partial charge in [-0.25, -0.2) is 0 Å². The third kappa shape index (κ3) is 5.56. The van der Waals surface area contributed by atoms with Crippen molar-refractivity contribution in [3.8, 4) is 23.0 Å². The summed E-state index contributed by atoms with van der Waals surface area (Å²) in [5, 5.41) is 0.543. The topological polar surface area (TPSA) is 84.0 Å². The summed E-state index contributed by atoms with van der Waals surface area (Å²) >= 11 is 12.3. The van der Waals surface area contributed by atoms with Crippen LogP contribution in [0.15, 0.2) is 48.8 Å². The van der Waals surface area contributed by atoms with Crippen molar-refractivity contribution in [2.45, 2.75) is 6.42 Å². The number of carbonyl (C=O) groups excluding carboxylic acids is 2. The molecule has 172 valence electrons. The summed E-state index contributed by atoms with van der Waals surface area (Å²) in [6.45, 7) is -0.326. The number of halogens is 2. The third-order valence-electron chi connectivity index (χ3n) is 4.85. The highest BCUT2D eigenvalue weighted by Crippen LogP contribution is 2.41. The molecule has 0 bridgehead atoms. The van der Waals surface area contributed by atoms with Gasteiger partial charge in [0, 0.05) is 29.9 Å². The van der Waals surface area contributed by atoms with E-state index in [-0.39, 0.29) is 51.7 Å². The van der Waals surface area contributed by atoms with Crippen LogP contribution in [0.3, 0.4) is 0 Å². The van der Waals surface area contributed by atoms with Gasteiger partial charge in [-0.2, -0.15) is 0 Å². The highest BCUT2D eigenvalue weighted by Gasteiger charge is 2.24. The number of benzene rings is 2. The van der Waals surface area contributed by atoms with Crippen molar-refractivity contribution in [1.29, 1.82) is 0 Å². The molecule has 7 nitrogen and oxygen atoms in total. The van der Waals surface area contributed by atoms with Gasteiger partial charge in [0.1, 0.15) is 5.75 Å². The van der Waals surface area contributed by atoms with Crippen molar-refractivity contribution in [2.75, 3.05) is 27.9 Å². The van der Waals surface area contributed by atoms with E-state index in [1.54, 1.807) is 43.5 Å². The molecule has 2 aromatic carbocycles. The second kappa shape index (κ2) is 11.0. The van der Waals surface area contributed by atoms with E-state index in [0.29, 0.717) is 22.6 Å². The van der Waals surface area contributed by atoms with Gasteiger partial charge in [0.15, 0.2) is 29.7 Å². The fourth-order valence-electron chi connectivity index (χ4n) is 3.12. The molecule has 9 heteroatoms. The van der Waals surface area contributed by atoms with Crippen molar-refractivity contribution in [3.63, 3.8) is 0 Å². The Morgan fingerprint density at radius 2 is 1.48 bits per heavy atom. The van der Waals surface area contributed by atoms with Gasteiger partial charge in [0.25, 0.3) is 0 Å². The molecule has 0 amide bonds. The second-order valence-corrected chi connectivity index (χ2v) is 7.61. The van der Waals surface area contributed by atoms with Crippen molar-refractivity contribution in [3.05, 3.63) is 75.5 Å². The van der Waals surface area contributed by atoms with E-state index in [2.05, 4.69) is 4.98 Å². The maximum atomic E-state index is 13.2. The molecule has 1 aromatic heterocycles. The minimum Gasteiger partial charge on any atom is -0.497 e. The van der Waals surface area contributed by atoms with Gasteiger partial charge in [-0.15, -0.1) is 0 Å². The van der Waals surface area contributed by atoms with E-state index in [1.807, 2.05) is 0 Å². The monoisotopic (exact) mass is 489 g/mol. The molecular formula is C24H21Cl2NO6. The fourth-order valence-corrected chi connectivity index (χ4v) is 3.62. The van der Waals surface area contributed by atoms with E-state index in [9.17, 15) is 9.59 Å². The number of hydrogen-bond acceptors (Lipinski definition) is 7. The van der Waals surface area contributed by atoms with Crippen molar-refractivity contribution in [2.24, 2.45) is 0 Å². The molecular weight excluding hydrogens is 469 g/mol. The van der Waals surface area contributed by atoms with Gasteiger partial charge in [0.2, 0.25) is 5.75 Å². The number of carbonyl (C=O) groups is 2. The zero-order valence-corrected chi connectivity index (χ0v) is 19.7. The average Bonchev–Trinajstić information content (AvgIpc) is 2.84. The summed E-state index contributed by atoms with van der Waals surface area (Å²) < 4.78 is 21.7. The number of ketones is 2. The average molecular weight is 490 g/mol. The largest absolute Gasteiger partial charge is 0.497 e. The first-order chi connectivity index (χ1) is 15.9. The lowest BCUT2D eigenvalue weighted by atomic mass is 10.0. The molecule has 3 aromatic rings. The van der Waals surface area contributed by atoms with Crippen LogP contribution >= 0.6 is 23.2 Å². The van der Waals surface area contributed by atoms with Gasteiger partial charge in [-0.05, 0) is 36.4 Å². The smallest absolute Gasteiger partial charge is 0.204 e. The molecule has 0 atom stereocenters. The Morgan fingerprint density at radius 3 is 2.06 bits per heavy atom. The van der Waals surface area contributed by atoms with E-state index < -0.39 is 0 Å². The number of nitrogens with zero attached hydrogens (tertiary/aromatic N) is 1. The lowest BCUT2D eigenvalue weighted by Crippen LogP contribution is -2.15. The number of hydrogen-bond donors (Lipinski definition) is 0. The predicted molar refractivity (Wildman–Crippen MR) is 125 cm³/mol. The Bertz CT molecular complexity index is 1140. The molecule has 0 spiro atoms. The van der Waals surface area contributed by atoms with Crippen molar-refractivity contribution >= 4 is 34.8 Å². The van der Waals surface area contributed by atoms with Crippen LogP contribution in [0.5, 0.6) is 23.0 Å². The molecule has 0 aliphatic carbocycles. The maximum absolute atomic E-state index is 13.2. The summed E-state index contributed by atoms with van der Waals surface area (Å²) in [5.41, 5.74) is 1.06. The van der Waals surface area contributed by atoms with Crippen molar-refractivity contribution < 1.29 is 28.5 Å². The number of ether oxygens (including phenoxy) is 4. The van der Waals surface area contributed by atoms with Gasteiger partial charge in [-0.3, -0.25) is 14.6 Å². The zero-order valence-electron chi connectivity index (χ0n) is 18.2. The van der Waals surface area contributed by atoms with Crippen molar-refractivity contribution in [1.82, 2.24) is 4.98 Å². The first-order valence-corrected chi connectivity index (χ1v) is 10.5. The molecule has 0 saturated carbocycles. The van der Waals surface area contributed by atoms with Crippen LogP contribution in [0, 0.1) is 0 Å². The Kier molecular flexibility index (Phi) is 8.14. The molecule has 0 aliphatic rings. The Labute approximate surface area is 201 Å². The van der Waals surface area contributed by atoms with E-state index in [0.717, 1.165) is 0 Å². The Balaban J connectivity index is 1.91. The summed E-state index contributed by atoms with van der Waals surface area (Å²) in [6, 6.07) is 9.74. The van der Waals surface area contributed by atoms with Crippen LogP contribution in [0.2, 0.25) is 10.0 Å². The standard InChI is InChI=1S/C24H21Cl2NO6/c1-30-15-6-4-14(5-7-15)21(29)13-33-23-16(8-9-22(31-2)24(23)32-3)20(28)10-17-18(25)11-27-12-19(17)26/h4-9,11-12H,10,13H2,1-3H3.